The second kappa shape index (κ2) is 4.98. The van der Waals surface area contributed by atoms with Gasteiger partial charge in [0.15, 0.2) is 11.6 Å². The maximum Gasteiger partial charge on any atom is 0.166 e. The summed E-state index contributed by atoms with van der Waals surface area (Å²) in [5.74, 6) is -3.10. The lowest BCUT2D eigenvalue weighted by molar-refractivity contribution is 0.459. The molecule has 1 atom stereocenters. The summed E-state index contributed by atoms with van der Waals surface area (Å²) in [5.41, 5.74) is 5.17. The quantitative estimate of drug-likeness (QED) is 0.606. The van der Waals surface area contributed by atoms with E-state index in [9.17, 15) is 13.2 Å². The average Bonchev–Trinajstić information content (AvgIpc) is 2.21. The first-order chi connectivity index (χ1) is 7.07. The van der Waals surface area contributed by atoms with E-state index in [2.05, 4.69) is 6.58 Å². The summed E-state index contributed by atoms with van der Waals surface area (Å²) >= 11 is 0. The highest BCUT2D eigenvalue weighted by molar-refractivity contribution is 5.24. The average molecular weight is 215 g/mol. The van der Waals surface area contributed by atoms with Crippen LogP contribution in [0.2, 0.25) is 0 Å². The summed E-state index contributed by atoms with van der Waals surface area (Å²) in [6.45, 7) is 3.47. The summed E-state index contributed by atoms with van der Waals surface area (Å²) in [6, 6.07) is 0.773. The van der Waals surface area contributed by atoms with E-state index < -0.39 is 29.1 Å². The highest BCUT2D eigenvalue weighted by Crippen LogP contribution is 2.24. The van der Waals surface area contributed by atoms with Crippen LogP contribution in [0.5, 0.6) is 0 Å². The molecule has 15 heavy (non-hydrogen) atoms. The minimum atomic E-state index is -1.20. The third-order valence-electron chi connectivity index (χ3n) is 2.13. The Morgan fingerprint density at radius 3 is 2.47 bits per heavy atom. The van der Waals surface area contributed by atoms with Crippen molar-refractivity contribution in [2.75, 3.05) is 0 Å². The van der Waals surface area contributed by atoms with Crippen molar-refractivity contribution in [1.29, 1.82) is 0 Å². The lowest BCUT2D eigenvalue weighted by Gasteiger charge is -2.13. The Morgan fingerprint density at radius 1 is 1.27 bits per heavy atom. The van der Waals surface area contributed by atoms with Gasteiger partial charge >= 0.3 is 0 Å². The van der Waals surface area contributed by atoms with Crippen molar-refractivity contribution in [2.24, 2.45) is 5.73 Å². The number of rotatable bonds is 4. The third-order valence-corrected chi connectivity index (χ3v) is 2.13. The van der Waals surface area contributed by atoms with Crippen molar-refractivity contribution in [2.45, 2.75) is 18.9 Å². The molecular formula is C11H12F3N. The van der Waals surface area contributed by atoms with Crippen LogP contribution in [-0.4, -0.2) is 0 Å². The second-order valence-corrected chi connectivity index (χ2v) is 3.23. The molecule has 0 heterocycles. The first-order valence-corrected chi connectivity index (χ1v) is 4.57. The Morgan fingerprint density at radius 2 is 1.87 bits per heavy atom. The predicted octanol–water partition coefficient (Wildman–Crippen LogP) is 3.07. The van der Waals surface area contributed by atoms with Crippen LogP contribution >= 0.6 is 0 Å². The van der Waals surface area contributed by atoms with Crippen LogP contribution in [-0.2, 0) is 0 Å². The molecule has 0 unspecified atom stereocenters. The van der Waals surface area contributed by atoms with Gasteiger partial charge in [-0.05, 0) is 25.0 Å². The van der Waals surface area contributed by atoms with Crippen LogP contribution < -0.4 is 5.73 Å². The lowest BCUT2D eigenvalue weighted by Crippen LogP contribution is -2.15. The van der Waals surface area contributed by atoms with Gasteiger partial charge in [-0.2, -0.15) is 0 Å². The van der Waals surface area contributed by atoms with Crippen LogP contribution in [0.3, 0.4) is 0 Å². The normalized spacial score (nSPS) is 12.5. The smallest absolute Gasteiger partial charge is 0.166 e. The molecule has 0 fully saturated rings. The highest BCUT2D eigenvalue weighted by atomic mass is 19.2. The monoisotopic (exact) mass is 215 g/mol. The minimum absolute atomic E-state index is 0.334. The number of halogens is 3. The second-order valence-electron chi connectivity index (χ2n) is 3.23. The van der Waals surface area contributed by atoms with Crippen LogP contribution in [0, 0.1) is 17.5 Å². The summed E-state index contributed by atoms with van der Waals surface area (Å²) in [7, 11) is 0. The molecule has 1 nitrogen and oxygen atoms in total. The van der Waals surface area contributed by atoms with E-state index >= 15 is 0 Å². The molecule has 1 aromatic rings. The standard InChI is InChI=1S/C11H12F3N/c1-2-3-4-9(15)10-7(12)5-6-8(13)11(10)14/h2,5-6,9H,1,3-4,15H2/t9-/m1/s1. The zero-order chi connectivity index (χ0) is 11.4. The van der Waals surface area contributed by atoms with Gasteiger partial charge in [0.25, 0.3) is 0 Å². The molecule has 0 amide bonds. The number of hydrogen-bond donors (Lipinski definition) is 1. The SMILES string of the molecule is C=CCC[C@@H](N)c1c(F)ccc(F)c1F. The third kappa shape index (κ3) is 2.59. The molecule has 0 aliphatic rings. The molecule has 0 saturated heterocycles. The molecule has 2 N–H and O–H groups in total. The van der Waals surface area contributed by atoms with E-state index in [1.165, 1.54) is 0 Å². The number of hydrogen-bond acceptors (Lipinski definition) is 1. The van der Waals surface area contributed by atoms with Crippen LogP contribution in [0.1, 0.15) is 24.4 Å². The molecule has 0 radical (unpaired) electrons. The lowest BCUT2D eigenvalue weighted by atomic mass is 10.0. The van der Waals surface area contributed by atoms with E-state index in [1.807, 2.05) is 0 Å². The van der Waals surface area contributed by atoms with E-state index in [4.69, 9.17) is 5.73 Å². The van der Waals surface area contributed by atoms with Gasteiger partial charge in [0.2, 0.25) is 0 Å². The van der Waals surface area contributed by atoms with Crippen molar-refractivity contribution >= 4 is 0 Å². The first kappa shape index (κ1) is 11.8. The van der Waals surface area contributed by atoms with Crippen LogP contribution in [0.25, 0.3) is 0 Å². The van der Waals surface area contributed by atoms with Crippen LogP contribution in [0.15, 0.2) is 24.8 Å². The van der Waals surface area contributed by atoms with E-state index in [1.54, 1.807) is 6.08 Å². The molecule has 0 aromatic heterocycles. The molecular weight excluding hydrogens is 203 g/mol. The van der Waals surface area contributed by atoms with E-state index in [-0.39, 0.29) is 0 Å². The molecule has 82 valence electrons. The van der Waals surface area contributed by atoms with Gasteiger partial charge in [-0.1, -0.05) is 6.08 Å². The molecule has 1 rings (SSSR count). The Balaban J connectivity index is 3.01. The summed E-state index contributed by atoms with van der Waals surface area (Å²) in [4.78, 5) is 0. The molecule has 0 bridgehead atoms. The van der Waals surface area contributed by atoms with Gasteiger partial charge in [0, 0.05) is 11.6 Å². The molecule has 0 aliphatic heterocycles. The van der Waals surface area contributed by atoms with Crippen molar-refractivity contribution in [3.63, 3.8) is 0 Å². The van der Waals surface area contributed by atoms with E-state index in [0.717, 1.165) is 12.1 Å². The fourth-order valence-corrected chi connectivity index (χ4v) is 1.32. The summed E-state index contributed by atoms with van der Waals surface area (Å²) in [6.07, 6.45) is 2.45. The fourth-order valence-electron chi connectivity index (χ4n) is 1.32. The Bertz CT molecular complexity index is 363. The molecule has 0 saturated carbocycles. The number of benzene rings is 1. The zero-order valence-corrected chi connectivity index (χ0v) is 8.14. The molecule has 0 spiro atoms. The van der Waals surface area contributed by atoms with Gasteiger partial charge in [-0.25, -0.2) is 13.2 Å². The molecule has 4 heteroatoms. The fraction of sp³-hybridized carbons (Fsp3) is 0.273. The van der Waals surface area contributed by atoms with Gasteiger partial charge in [0.05, 0.1) is 0 Å². The Labute approximate surface area is 86.4 Å². The Hall–Kier alpha value is -1.29. The number of allylic oxidation sites excluding steroid dienone is 1. The van der Waals surface area contributed by atoms with Gasteiger partial charge in [0.1, 0.15) is 5.82 Å². The predicted molar refractivity (Wildman–Crippen MR) is 52.7 cm³/mol. The molecule has 1 aromatic carbocycles. The van der Waals surface area contributed by atoms with Gasteiger partial charge in [-0.15, -0.1) is 6.58 Å². The van der Waals surface area contributed by atoms with Crippen LogP contribution in [0.4, 0.5) is 13.2 Å². The zero-order valence-electron chi connectivity index (χ0n) is 8.14. The van der Waals surface area contributed by atoms with Crippen molar-refractivity contribution in [3.8, 4) is 0 Å². The maximum atomic E-state index is 13.2. The first-order valence-electron chi connectivity index (χ1n) is 4.57. The maximum absolute atomic E-state index is 13.2. The highest BCUT2D eigenvalue weighted by Gasteiger charge is 2.19. The summed E-state index contributed by atoms with van der Waals surface area (Å²) in [5, 5.41) is 0. The van der Waals surface area contributed by atoms with Crippen molar-refractivity contribution in [1.82, 2.24) is 0 Å². The van der Waals surface area contributed by atoms with Crippen molar-refractivity contribution in [3.05, 3.63) is 47.8 Å². The summed E-state index contributed by atoms with van der Waals surface area (Å²) < 4.78 is 39.2. The largest absolute Gasteiger partial charge is 0.324 e. The topological polar surface area (TPSA) is 26.0 Å². The minimum Gasteiger partial charge on any atom is -0.324 e. The molecule has 0 aliphatic carbocycles. The number of nitrogens with two attached hydrogens (primary N) is 1. The van der Waals surface area contributed by atoms with Gasteiger partial charge in [-0.3, -0.25) is 0 Å². The van der Waals surface area contributed by atoms with E-state index in [0.29, 0.717) is 12.8 Å². The van der Waals surface area contributed by atoms with Gasteiger partial charge < -0.3 is 5.73 Å². The Kier molecular flexibility index (Phi) is 3.91. The van der Waals surface area contributed by atoms with Crippen molar-refractivity contribution < 1.29 is 13.2 Å².